The quantitative estimate of drug-likeness (QED) is 0.152. The van der Waals surface area contributed by atoms with Crippen LogP contribution in [0.1, 0.15) is 68.9 Å². The number of anilines is 1. The molecule has 0 amide bonds. The fraction of sp³-hybridized carbons (Fsp3) is 0.441. The Kier molecular flexibility index (Phi) is 11.8. The molecular weight excluding hydrogens is 593 g/mol. The zero-order valence-electron chi connectivity index (χ0n) is 27.2. The molecule has 8 nitrogen and oxygen atoms in total. The normalized spacial score (nSPS) is 14.5. The minimum Gasteiger partial charge on any atom is -0.487 e. The van der Waals surface area contributed by atoms with Crippen molar-refractivity contribution in [3.8, 4) is 5.75 Å². The lowest BCUT2D eigenvalue weighted by Crippen LogP contribution is -2.44. The summed E-state index contributed by atoms with van der Waals surface area (Å²) in [5.74, 6) is -0.951. The number of carboxylic acid groups (broad SMARTS) is 1. The molecule has 3 N–H and O–H groups in total. The molecule has 10 heteroatoms. The largest absolute Gasteiger partial charge is 0.487 e. The van der Waals surface area contributed by atoms with E-state index in [2.05, 4.69) is 50.8 Å². The molecule has 3 atom stereocenters. The average molecular weight is 641 g/mol. The predicted octanol–water partition coefficient (Wildman–Crippen LogP) is 7.11. The van der Waals surface area contributed by atoms with Crippen molar-refractivity contribution < 1.29 is 27.5 Å². The molecule has 0 bridgehead atoms. The highest BCUT2D eigenvalue weighted by molar-refractivity contribution is 7.92. The molecule has 0 aromatic heterocycles. The van der Waals surface area contributed by atoms with Crippen molar-refractivity contribution in [2.24, 2.45) is 0 Å². The SMILES string of the molecule is CC(C(=O)O)c1ccc(C[C@@H](C)NC[C@@H](O[Si](C)(C)C(C)(C)C)c2ccc(OCc3ccccc3)c(NS(C)(=O)=O)c2)cc1. The molecule has 3 aromatic rings. The van der Waals surface area contributed by atoms with E-state index < -0.39 is 30.2 Å². The fourth-order valence-corrected chi connectivity index (χ4v) is 6.31. The molecule has 240 valence electrons. The minimum absolute atomic E-state index is 0.0295. The zero-order valence-corrected chi connectivity index (χ0v) is 29.0. The number of sulfonamides is 1. The van der Waals surface area contributed by atoms with Gasteiger partial charge < -0.3 is 19.6 Å². The summed E-state index contributed by atoms with van der Waals surface area (Å²) >= 11 is 0. The van der Waals surface area contributed by atoms with Gasteiger partial charge in [0.25, 0.3) is 0 Å². The van der Waals surface area contributed by atoms with Crippen molar-refractivity contribution in [1.82, 2.24) is 5.32 Å². The van der Waals surface area contributed by atoms with Crippen molar-refractivity contribution in [1.29, 1.82) is 0 Å². The molecule has 0 saturated heterocycles. The summed E-state index contributed by atoms with van der Waals surface area (Å²) in [4.78, 5) is 11.3. The van der Waals surface area contributed by atoms with Crippen LogP contribution < -0.4 is 14.8 Å². The van der Waals surface area contributed by atoms with Gasteiger partial charge in [0.15, 0.2) is 8.32 Å². The summed E-state index contributed by atoms with van der Waals surface area (Å²) in [5.41, 5.74) is 4.07. The Morgan fingerprint density at radius 3 is 2.11 bits per heavy atom. The maximum atomic E-state index is 12.3. The van der Waals surface area contributed by atoms with Gasteiger partial charge in [-0.2, -0.15) is 0 Å². The summed E-state index contributed by atoms with van der Waals surface area (Å²) in [5, 5.41) is 12.9. The van der Waals surface area contributed by atoms with Gasteiger partial charge in [-0.15, -0.1) is 0 Å². The van der Waals surface area contributed by atoms with Crippen LogP contribution in [0, 0.1) is 0 Å². The Balaban J connectivity index is 1.84. The number of carboxylic acids is 1. The van der Waals surface area contributed by atoms with Crippen LogP contribution in [0.5, 0.6) is 5.75 Å². The first kappa shape index (κ1) is 35.3. The molecular formula is C34H48N2O6SSi. The zero-order chi connectivity index (χ0) is 32.7. The predicted molar refractivity (Wildman–Crippen MR) is 180 cm³/mol. The molecule has 0 heterocycles. The second-order valence-electron chi connectivity index (χ2n) is 13.1. The van der Waals surface area contributed by atoms with Gasteiger partial charge in [0, 0.05) is 12.6 Å². The highest BCUT2D eigenvalue weighted by Gasteiger charge is 2.39. The van der Waals surface area contributed by atoms with E-state index in [1.807, 2.05) is 66.7 Å². The van der Waals surface area contributed by atoms with Crippen LogP contribution in [-0.4, -0.2) is 46.7 Å². The Labute approximate surface area is 264 Å². The molecule has 0 aliphatic heterocycles. The molecule has 0 radical (unpaired) electrons. The van der Waals surface area contributed by atoms with Gasteiger partial charge in [-0.05, 0) is 72.8 Å². The van der Waals surface area contributed by atoms with Crippen LogP contribution in [0.25, 0.3) is 0 Å². The highest BCUT2D eigenvalue weighted by Crippen LogP contribution is 2.40. The van der Waals surface area contributed by atoms with E-state index in [1.54, 1.807) is 13.0 Å². The van der Waals surface area contributed by atoms with Gasteiger partial charge in [-0.3, -0.25) is 9.52 Å². The molecule has 0 saturated carbocycles. The summed E-state index contributed by atoms with van der Waals surface area (Å²) in [6.07, 6.45) is 1.55. The van der Waals surface area contributed by atoms with Gasteiger partial charge in [0.1, 0.15) is 12.4 Å². The molecule has 3 aromatic carbocycles. The van der Waals surface area contributed by atoms with Crippen molar-refractivity contribution in [3.63, 3.8) is 0 Å². The second kappa shape index (κ2) is 14.7. The lowest BCUT2D eigenvalue weighted by atomic mass is 9.98. The summed E-state index contributed by atoms with van der Waals surface area (Å²) in [6.45, 7) is 15.6. The monoisotopic (exact) mass is 640 g/mol. The van der Waals surface area contributed by atoms with E-state index in [0.717, 1.165) is 34.9 Å². The lowest BCUT2D eigenvalue weighted by molar-refractivity contribution is -0.138. The van der Waals surface area contributed by atoms with E-state index in [1.165, 1.54) is 0 Å². The van der Waals surface area contributed by atoms with E-state index in [-0.39, 0.29) is 17.2 Å². The third kappa shape index (κ3) is 10.5. The topological polar surface area (TPSA) is 114 Å². The van der Waals surface area contributed by atoms with E-state index in [0.29, 0.717) is 24.6 Å². The van der Waals surface area contributed by atoms with Crippen molar-refractivity contribution in [3.05, 3.63) is 95.1 Å². The van der Waals surface area contributed by atoms with Crippen LogP contribution in [0.4, 0.5) is 5.69 Å². The van der Waals surface area contributed by atoms with Gasteiger partial charge in [0.05, 0.1) is 24.0 Å². The molecule has 3 rings (SSSR count). The molecule has 0 fully saturated rings. The number of carbonyl (C=O) groups is 1. The summed E-state index contributed by atoms with van der Waals surface area (Å²) in [6, 6.07) is 23.1. The van der Waals surface area contributed by atoms with E-state index in [4.69, 9.17) is 9.16 Å². The van der Waals surface area contributed by atoms with Crippen molar-refractivity contribution >= 4 is 30.0 Å². The smallest absolute Gasteiger partial charge is 0.310 e. The van der Waals surface area contributed by atoms with Gasteiger partial charge >= 0.3 is 5.97 Å². The molecule has 0 aliphatic carbocycles. The summed E-state index contributed by atoms with van der Waals surface area (Å²) < 4.78 is 40.2. The lowest BCUT2D eigenvalue weighted by Gasteiger charge is -2.40. The Morgan fingerprint density at radius 2 is 1.55 bits per heavy atom. The van der Waals surface area contributed by atoms with Crippen LogP contribution in [0.2, 0.25) is 18.1 Å². The second-order valence-corrected chi connectivity index (χ2v) is 19.6. The number of benzene rings is 3. The van der Waals surface area contributed by atoms with Gasteiger partial charge in [-0.1, -0.05) is 81.4 Å². The van der Waals surface area contributed by atoms with E-state index >= 15 is 0 Å². The third-order valence-electron chi connectivity index (χ3n) is 8.19. The molecule has 1 unspecified atom stereocenters. The average Bonchev–Trinajstić information content (AvgIpc) is 2.93. The first-order valence-electron chi connectivity index (χ1n) is 15.0. The Bertz CT molecular complexity index is 1490. The van der Waals surface area contributed by atoms with Crippen molar-refractivity contribution in [2.75, 3.05) is 17.5 Å². The van der Waals surface area contributed by atoms with Gasteiger partial charge in [0.2, 0.25) is 10.0 Å². The maximum absolute atomic E-state index is 12.3. The number of rotatable bonds is 15. The highest BCUT2D eigenvalue weighted by atomic mass is 32.2. The number of nitrogens with one attached hydrogen (secondary N) is 2. The minimum atomic E-state index is -3.57. The standard InChI is InChI=1S/C34H48N2O6SSi/c1-24(20-26-14-16-28(17-15-26)25(2)33(37)38)35-22-32(42-44(7,8)34(3,4)5)29-18-19-31(30(21-29)36-43(6,39)40)41-23-27-12-10-9-11-13-27/h9-19,21,24-25,32,35-36H,20,22-23H2,1-8H3,(H,37,38)/t24-,25?,32-/m1/s1. The van der Waals surface area contributed by atoms with Crippen molar-refractivity contribution in [2.45, 2.75) is 83.8 Å². The first-order chi connectivity index (χ1) is 20.4. The molecule has 44 heavy (non-hydrogen) atoms. The van der Waals surface area contributed by atoms with Crippen LogP contribution in [0.3, 0.4) is 0 Å². The third-order valence-corrected chi connectivity index (χ3v) is 13.3. The number of ether oxygens (including phenoxy) is 1. The first-order valence-corrected chi connectivity index (χ1v) is 19.8. The number of hydrogen-bond acceptors (Lipinski definition) is 6. The Hall–Kier alpha value is -3.18. The number of aliphatic carboxylic acids is 1. The summed E-state index contributed by atoms with van der Waals surface area (Å²) in [7, 11) is -5.79. The Morgan fingerprint density at radius 1 is 0.932 bits per heavy atom. The van der Waals surface area contributed by atoms with Crippen LogP contribution in [0.15, 0.2) is 72.8 Å². The fourth-order valence-electron chi connectivity index (χ4n) is 4.47. The molecule has 0 aliphatic rings. The van der Waals surface area contributed by atoms with Gasteiger partial charge in [-0.25, -0.2) is 8.42 Å². The maximum Gasteiger partial charge on any atom is 0.310 e. The van der Waals surface area contributed by atoms with Crippen LogP contribution >= 0.6 is 0 Å². The van der Waals surface area contributed by atoms with E-state index in [9.17, 15) is 18.3 Å². The van der Waals surface area contributed by atoms with Crippen LogP contribution in [-0.2, 0) is 32.3 Å². The molecule has 0 spiro atoms. The number of hydrogen-bond donors (Lipinski definition) is 3.